The number of hydrogen-bond donors (Lipinski definition) is 1. The first-order chi connectivity index (χ1) is 2.27. The number of nitrogens with two attached hydrogens (primary N) is 1. The van der Waals surface area contributed by atoms with E-state index in [9.17, 15) is 4.32 Å². The van der Waals surface area contributed by atoms with Gasteiger partial charge in [-0.05, 0) is 0 Å². The topological polar surface area (TPSA) is 49.8 Å². The molecule has 0 aliphatic heterocycles. The van der Waals surface area contributed by atoms with Gasteiger partial charge in [0.05, 0.1) is 5.97 Å². The van der Waals surface area contributed by atoms with Gasteiger partial charge in [-0.1, -0.05) is 0 Å². The molecule has 0 aromatic carbocycles. The molecule has 0 heterocycles. The van der Waals surface area contributed by atoms with Crippen molar-refractivity contribution in [1.82, 2.24) is 0 Å². The van der Waals surface area contributed by atoms with Crippen LogP contribution in [0.3, 0.4) is 0 Å². The van der Waals surface area contributed by atoms with Crippen molar-refractivity contribution in [2.45, 2.75) is 0 Å². The molecule has 0 bridgehead atoms. The van der Waals surface area contributed by atoms with Crippen LogP contribution in [0, 0.1) is 11.2 Å². The summed E-state index contributed by atoms with van der Waals surface area (Å²) in [5.41, 5.74) is 4.26. The Kier molecular flexibility index (Phi) is 1.54. The Morgan fingerprint density at radius 3 is 2.20 bits per heavy atom. The molecule has 4 heteroatoms. The SMILES string of the molecule is N#CB(N)F. The predicted octanol–water partition coefficient (Wildman–Crippen LogP) is -0.534. The summed E-state index contributed by atoms with van der Waals surface area (Å²) in [7, 11) is -1.81. The van der Waals surface area contributed by atoms with E-state index >= 15 is 0 Å². The second-order valence-corrected chi connectivity index (χ2v) is 0.531. The van der Waals surface area contributed by atoms with Crippen LogP contribution in [0.5, 0.6) is 0 Å². The van der Waals surface area contributed by atoms with Crippen molar-refractivity contribution in [3.8, 4) is 5.97 Å². The minimum atomic E-state index is -1.81. The molecule has 0 atom stereocenters. The highest BCUT2D eigenvalue weighted by Crippen LogP contribution is 1.59. The van der Waals surface area contributed by atoms with Crippen molar-refractivity contribution in [2.75, 3.05) is 0 Å². The zero-order valence-corrected chi connectivity index (χ0v) is 2.48. The highest BCUT2D eigenvalue weighted by atomic mass is 19.1. The molecule has 0 aliphatic carbocycles. The molecule has 2 nitrogen and oxygen atoms in total. The van der Waals surface area contributed by atoms with Crippen molar-refractivity contribution in [3.63, 3.8) is 0 Å². The Morgan fingerprint density at radius 2 is 2.20 bits per heavy atom. The largest absolute Gasteiger partial charge is 0.538 e. The van der Waals surface area contributed by atoms with Crippen molar-refractivity contribution >= 4 is 7.12 Å². The van der Waals surface area contributed by atoms with Gasteiger partial charge in [0.15, 0.2) is 0 Å². The van der Waals surface area contributed by atoms with Crippen LogP contribution in [0.4, 0.5) is 4.32 Å². The molecule has 2 N–H and O–H groups in total. The highest BCUT2D eigenvalue weighted by molar-refractivity contribution is 6.56. The summed E-state index contributed by atoms with van der Waals surface area (Å²) >= 11 is 0. The summed E-state index contributed by atoms with van der Waals surface area (Å²) in [6, 6.07) is 0. The van der Waals surface area contributed by atoms with E-state index in [1.165, 1.54) is 0 Å². The molecule has 26 valence electrons. The Morgan fingerprint density at radius 1 is 2.00 bits per heavy atom. The summed E-state index contributed by atoms with van der Waals surface area (Å²) in [6.45, 7) is 0. The van der Waals surface area contributed by atoms with Crippen molar-refractivity contribution in [1.29, 1.82) is 5.26 Å². The maximum Gasteiger partial charge on any atom is 0.538 e. The lowest BCUT2D eigenvalue weighted by atomic mass is 9.95. The monoisotopic (exact) mass is 72.0 g/mol. The first kappa shape index (κ1) is 4.44. The van der Waals surface area contributed by atoms with E-state index in [1.807, 2.05) is 0 Å². The van der Waals surface area contributed by atoms with Gasteiger partial charge in [-0.2, -0.15) is 0 Å². The number of nitrogens with zero attached hydrogens (tertiary/aromatic N) is 1. The van der Waals surface area contributed by atoms with Gasteiger partial charge in [-0.15, -0.1) is 0 Å². The van der Waals surface area contributed by atoms with Gasteiger partial charge >= 0.3 is 7.12 Å². The van der Waals surface area contributed by atoms with Crippen LogP contribution in [0.1, 0.15) is 0 Å². The van der Waals surface area contributed by atoms with Crippen molar-refractivity contribution < 1.29 is 4.32 Å². The van der Waals surface area contributed by atoms with E-state index in [2.05, 4.69) is 5.64 Å². The van der Waals surface area contributed by atoms with Gasteiger partial charge in [0.25, 0.3) is 0 Å². The quantitative estimate of drug-likeness (QED) is 0.391. The summed E-state index contributed by atoms with van der Waals surface area (Å²) < 4.78 is 10.8. The van der Waals surface area contributed by atoms with Crippen LogP contribution in [0.15, 0.2) is 0 Å². The van der Waals surface area contributed by atoms with Gasteiger partial charge in [-0.25, -0.2) is 5.26 Å². The number of halogens is 1. The first-order valence-electron chi connectivity index (χ1n) is 1.06. The maximum absolute atomic E-state index is 10.8. The normalized spacial score (nSPS) is 5.80. The Labute approximate surface area is 29.5 Å². The zero-order valence-electron chi connectivity index (χ0n) is 2.48. The third-order valence-electron chi connectivity index (χ3n) is 0.123. The number of rotatable bonds is 0. The van der Waals surface area contributed by atoms with Crippen LogP contribution in [0.25, 0.3) is 0 Å². The molecule has 0 fully saturated rings. The molecule has 0 rings (SSSR count). The van der Waals surface area contributed by atoms with E-state index in [0.717, 1.165) is 5.97 Å². The molecule has 0 aliphatic rings. The van der Waals surface area contributed by atoms with Gasteiger partial charge in [-0.3, -0.25) is 4.32 Å². The summed E-state index contributed by atoms with van der Waals surface area (Å²) in [4.78, 5) is 0. The molecule has 0 saturated carbocycles. The van der Waals surface area contributed by atoms with Crippen LogP contribution in [-0.4, -0.2) is 7.12 Å². The molecule has 0 amide bonds. The fraction of sp³-hybridized carbons (Fsp3) is 0. The summed E-state index contributed by atoms with van der Waals surface area (Å²) in [6.07, 6.45) is 0. The Hall–Kier alpha value is -0.555. The smallest absolute Gasteiger partial charge is 0.328 e. The van der Waals surface area contributed by atoms with Gasteiger partial charge in [0, 0.05) is 0 Å². The minimum absolute atomic E-state index is 1.14. The van der Waals surface area contributed by atoms with Crippen molar-refractivity contribution in [3.05, 3.63) is 0 Å². The number of nitriles is 1. The van der Waals surface area contributed by atoms with Crippen LogP contribution >= 0.6 is 0 Å². The lowest BCUT2D eigenvalue weighted by molar-refractivity contribution is 0.847. The highest BCUT2D eigenvalue weighted by Gasteiger charge is 1.98. The minimum Gasteiger partial charge on any atom is -0.328 e. The summed E-state index contributed by atoms with van der Waals surface area (Å²) in [5, 5.41) is 7.39. The molecular weight excluding hydrogens is 69.8 g/mol. The Bertz CT molecular complexity index is 55.2. The maximum atomic E-state index is 10.8. The van der Waals surface area contributed by atoms with E-state index < -0.39 is 7.12 Å². The van der Waals surface area contributed by atoms with Gasteiger partial charge in [0.1, 0.15) is 0 Å². The first-order valence-corrected chi connectivity index (χ1v) is 1.06. The van der Waals surface area contributed by atoms with Crippen molar-refractivity contribution in [2.24, 2.45) is 5.64 Å². The van der Waals surface area contributed by atoms with E-state index in [1.54, 1.807) is 0 Å². The average Bonchev–Trinajstić information content (AvgIpc) is 1.38. The summed E-state index contributed by atoms with van der Waals surface area (Å²) in [5.74, 6) is 1.14. The number of hydrogen-bond acceptors (Lipinski definition) is 2. The van der Waals surface area contributed by atoms with Gasteiger partial charge < -0.3 is 5.64 Å². The molecule has 0 aromatic heterocycles. The molecule has 0 saturated heterocycles. The van der Waals surface area contributed by atoms with Gasteiger partial charge in [0.2, 0.25) is 0 Å². The van der Waals surface area contributed by atoms with E-state index in [-0.39, 0.29) is 0 Å². The molecule has 0 radical (unpaired) electrons. The third-order valence-corrected chi connectivity index (χ3v) is 0.123. The standard InChI is InChI=1S/CH2BFN2/c3-2(5)1-4/h5H2. The Balaban J connectivity index is 2.94. The molecule has 0 spiro atoms. The molecule has 5 heavy (non-hydrogen) atoms. The molecule has 0 aromatic rings. The fourth-order valence-corrected chi connectivity index (χ4v) is 0. The average molecular weight is 71.9 g/mol. The lowest BCUT2D eigenvalue weighted by Crippen LogP contribution is -2.15. The van der Waals surface area contributed by atoms with Crippen LogP contribution in [0.2, 0.25) is 0 Å². The van der Waals surface area contributed by atoms with E-state index in [4.69, 9.17) is 5.26 Å². The van der Waals surface area contributed by atoms with E-state index in [0.29, 0.717) is 0 Å². The predicted molar refractivity (Wildman–Crippen MR) is 16.7 cm³/mol. The lowest BCUT2D eigenvalue weighted by Gasteiger charge is -1.64. The zero-order chi connectivity index (χ0) is 4.28. The second kappa shape index (κ2) is 1.74. The van der Waals surface area contributed by atoms with Crippen LogP contribution in [-0.2, 0) is 0 Å². The second-order valence-electron chi connectivity index (χ2n) is 0.531. The fourth-order valence-electron chi connectivity index (χ4n) is 0. The van der Waals surface area contributed by atoms with Crippen LogP contribution < -0.4 is 5.64 Å². The molecular formula is CH2BFN2. The third kappa shape index (κ3) is 3.44. The molecule has 0 unspecified atom stereocenters.